The maximum atomic E-state index is 18.1. The molecule has 0 aliphatic carbocycles. The van der Waals surface area contributed by atoms with Crippen molar-refractivity contribution < 1.29 is 27.2 Å². The Balaban J connectivity index is 0.890. The summed E-state index contributed by atoms with van der Waals surface area (Å²) in [4.78, 5) is 43.7. The zero-order chi connectivity index (χ0) is 89.8. The van der Waals surface area contributed by atoms with E-state index in [1.807, 2.05) is 12.2 Å². The number of carbonyl (C=O) groups excluding carboxylic acids is 2. The molecule has 0 spiro atoms. The molecule has 0 atom stereocenters. The van der Waals surface area contributed by atoms with Crippen LogP contribution in [-0.2, 0) is 9.59 Å². The molecule has 3 aromatic carbocycles. The number of hydrogen-bond donors (Lipinski definition) is 0. The van der Waals surface area contributed by atoms with Crippen LogP contribution in [0.5, 0.6) is 11.5 Å². The molecule has 13 rings (SSSR count). The first-order valence-electron chi connectivity index (χ1n) is 48.1. The lowest BCUT2D eigenvalue weighted by Crippen LogP contribution is -2.42. The number of hydrogen-bond acceptors (Lipinski definition) is 20. The number of rotatable bonds is 58. The topological polar surface area (TPSA) is 111 Å². The average molecular weight is 1980 g/mol. The van der Waals surface area contributed by atoms with Crippen molar-refractivity contribution in [2.24, 2.45) is 0 Å². The van der Waals surface area contributed by atoms with Crippen molar-refractivity contribution in [3.8, 4) is 93.7 Å². The number of nitrogens with zero attached hydrogens (tertiary/aromatic N) is 6. The quantitative estimate of drug-likeness (QED) is 0.0157. The summed E-state index contributed by atoms with van der Waals surface area (Å²) in [5.74, 6) is 0.983. The van der Waals surface area contributed by atoms with Gasteiger partial charge in [-0.2, -0.15) is 17.5 Å². The number of benzene rings is 3. The summed E-state index contributed by atoms with van der Waals surface area (Å²) in [7, 11) is -5.28. The van der Waals surface area contributed by atoms with Crippen molar-refractivity contribution in [3.05, 3.63) is 128 Å². The Labute approximate surface area is 815 Å². The molecule has 0 unspecified atom stereocenters. The molecule has 10 heterocycles. The average Bonchev–Trinajstić information content (AvgIpc) is 1.68. The lowest BCUT2D eigenvalue weighted by Gasteiger charge is -2.36. The summed E-state index contributed by atoms with van der Waals surface area (Å²) in [6, 6.07) is 39.8. The third-order valence-electron chi connectivity index (χ3n) is 25.1. The fourth-order valence-corrected chi connectivity index (χ4v) is 36.8. The zero-order valence-corrected chi connectivity index (χ0v) is 88.3. The lowest BCUT2D eigenvalue weighted by atomic mass is 10.0. The normalized spacial score (nSPS) is 14.1. The number of unbranched alkanes of at least 4 members (excludes halogenated alkanes) is 28. The van der Waals surface area contributed by atoms with E-state index in [1.165, 1.54) is 152 Å². The second-order valence-corrected chi connectivity index (χ2v) is 54.1. The van der Waals surface area contributed by atoms with Gasteiger partial charge in [-0.05, 0) is 158 Å². The molecule has 128 heavy (non-hydrogen) atoms. The van der Waals surface area contributed by atoms with E-state index in [-0.39, 0.29) is 23.4 Å². The van der Waals surface area contributed by atoms with Crippen LogP contribution in [0.25, 0.3) is 116 Å². The van der Waals surface area contributed by atoms with Crippen LogP contribution < -0.4 is 8.85 Å². The highest BCUT2D eigenvalue weighted by Gasteiger charge is 2.41. The summed E-state index contributed by atoms with van der Waals surface area (Å²) in [5.41, 5.74) is 6.66. The molecule has 2 saturated heterocycles. The molecule has 8 aromatic heterocycles. The second kappa shape index (κ2) is 50.9. The minimum absolute atomic E-state index is 0.0121. The second-order valence-electron chi connectivity index (χ2n) is 35.0. The number of amides is 2. The third kappa shape index (κ3) is 26.2. The van der Waals surface area contributed by atoms with Gasteiger partial charge in [0.05, 0.1) is 44.4 Å². The van der Waals surface area contributed by atoms with Gasteiger partial charge in [-0.15, -0.1) is 68.0 Å². The summed E-state index contributed by atoms with van der Waals surface area (Å²) < 4.78 is 74.1. The highest BCUT2D eigenvalue weighted by molar-refractivity contribution is 8.27. The molecule has 2 fully saturated rings. The number of thiophene rings is 6. The van der Waals surface area contributed by atoms with E-state index in [2.05, 4.69) is 140 Å². The van der Waals surface area contributed by atoms with Gasteiger partial charge in [0.1, 0.15) is 53.8 Å². The number of thioether (sulfide) groups is 2. The van der Waals surface area contributed by atoms with Crippen LogP contribution in [0.3, 0.4) is 0 Å². The first-order chi connectivity index (χ1) is 62.5. The van der Waals surface area contributed by atoms with Crippen molar-refractivity contribution in [2.75, 3.05) is 13.1 Å². The number of thiocarbonyl (C=S) groups is 2. The van der Waals surface area contributed by atoms with Crippen molar-refractivity contribution in [1.82, 2.24) is 27.3 Å². The molecule has 0 bridgehead atoms. The first kappa shape index (κ1) is 100. The van der Waals surface area contributed by atoms with E-state index in [4.69, 9.17) is 50.8 Å². The van der Waals surface area contributed by atoms with Crippen LogP contribution in [0.15, 0.2) is 107 Å². The summed E-state index contributed by atoms with van der Waals surface area (Å²) in [6.07, 6.45) is 45.6. The Morgan fingerprint density at radius 1 is 0.320 bits per heavy atom. The van der Waals surface area contributed by atoms with Crippen LogP contribution in [0.2, 0.25) is 36.3 Å². The molecule has 11 aromatic rings. The van der Waals surface area contributed by atoms with Crippen LogP contribution in [0.4, 0.5) is 8.78 Å². The summed E-state index contributed by atoms with van der Waals surface area (Å²) in [5, 5.41) is 0. The largest absolute Gasteiger partial charge is 0.543 e. The molecule has 0 saturated carbocycles. The van der Waals surface area contributed by atoms with Gasteiger partial charge in [-0.3, -0.25) is 19.4 Å². The minimum atomic E-state index is -2.64. The maximum Gasteiger partial charge on any atom is 0.266 e. The van der Waals surface area contributed by atoms with E-state index in [1.54, 1.807) is 90.0 Å². The molecule has 2 aliphatic heterocycles. The van der Waals surface area contributed by atoms with Gasteiger partial charge in [-0.1, -0.05) is 322 Å². The van der Waals surface area contributed by atoms with E-state index in [0.717, 1.165) is 244 Å². The summed E-state index contributed by atoms with van der Waals surface area (Å²) in [6.45, 7) is 19.6. The molecule has 10 nitrogen and oxygen atoms in total. The molecule has 0 radical (unpaired) electrons. The Morgan fingerprint density at radius 2 is 0.586 bits per heavy atom. The fraction of sp³-hybridized carbons (Fsp3) is 0.510. The molecular formula is C102H130F2N6O4S12Si2. The highest BCUT2D eigenvalue weighted by atomic mass is 32.2. The predicted molar refractivity (Wildman–Crippen MR) is 572 cm³/mol. The van der Waals surface area contributed by atoms with Gasteiger partial charge in [0.15, 0.2) is 0 Å². The van der Waals surface area contributed by atoms with E-state index < -0.39 is 16.6 Å². The third-order valence-corrected chi connectivity index (χ3v) is 44.8. The number of carbonyl (C=O) groups is 2. The van der Waals surface area contributed by atoms with Gasteiger partial charge < -0.3 is 8.85 Å². The van der Waals surface area contributed by atoms with Crippen LogP contribution in [0.1, 0.15) is 296 Å². The molecule has 686 valence electrons. The van der Waals surface area contributed by atoms with Gasteiger partial charge in [-0.25, -0.2) is 8.78 Å². The van der Waals surface area contributed by atoms with Crippen molar-refractivity contribution in [1.29, 1.82) is 0 Å². The Bertz CT molecular complexity index is 5120. The molecule has 0 N–H and O–H groups in total. The van der Waals surface area contributed by atoms with Crippen molar-refractivity contribution in [2.45, 2.75) is 323 Å². The maximum absolute atomic E-state index is 18.1. The Morgan fingerprint density at radius 3 is 0.922 bits per heavy atom. The standard InChI is InChI=1S/C102H130F2N6O4S12Si2/c1-9-17-25-33-35-37-57-109-99(111)91(123-101(109)115)65-71-45-47-85(117-71)87-53-49-83(119-87)75-67-77(103)93(97-95(75)105-125-107-97)89-55-51-81(121-89)73-69-80(114-128(62-42-30-22-14-6,63-43-31-23-15-7)64-44-32-24-16-8)74(70-79(73)113-127(59-39-27-19-11-3,60-40-28-20-12-4)61-41-29-21-13-5)82-52-56-90(122-82)94-78(104)68-76(96-98(94)108-126-106-96)84-50-54-88(120-84)86-48-46-72(118-86)66-92-100(112)110(102(116)124-92)58-38-36-34-26-18-10-2/h45-56,65-70H,9-44,57-64H2,1-8H3/b91-65-,92-66-. The number of halogens is 2. The fourth-order valence-electron chi connectivity index (χ4n) is 17.9. The SMILES string of the molecule is CCCCCCCCN1C(=O)/C(=C/c2ccc(-c3ccc(-c4cc(F)c(-c5ccc(-c6cc(O[Si](CCCCCC)(CCCCCC)CCCCCC)c(-c7ccc(-c8c(F)cc(-c9ccc(-c%10ccc(/C=C%11\SC(=S)N(CCCCCCCC)C%11=O)s%10)s9)c9nsnc89)s7)cc6O[Si](CCCCCC)(CCCCCC)CCCCCC)s5)c5nsnc45)s3)s2)SC1=S. The van der Waals surface area contributed by atoms with Gasteiger partial charge in [0.25, 0.3) is 28.4 Å². The zero-order valence-electron chi connectivity index (χ0n) is 76.5. The number of aromatic nitrogens is 4. The van der Waals surface area contributed by atoms with E-state index in [9.17, 15) is 9.59 Å². The molecule has 2 amide bonds. The lowest BCUT2D eigenvalue weighted by molar-refractivity contribution is -0.123. The van der Waals surface area contributed by atoms with Gasteiger partial charge >= 0.3 is 0 Å². The summed E-state index contributed by atoms with van der Waals surface area (Å²) >= 11 is 26.2. The monoisotopic (exact) mass is 1980 g/mol. The predicted octanol–water partition coefficient (Wildman–Crippen LogP) is 36.9. The Kier molecular flexibility index (Phi) is 39.8. The molecule has 2 aliphatic rings. The highest BCUT2D eigenvalue weighted by Crippen LogP contribution is 2.54. The molecular weight excluding hydrogens is 1850 g/mol. The van der Waals surface area contributed by atoms with Crippen molar-refractivity contribution >= 4 is 211 Å². The van der Waals surface area contributed by atoms with E-state index in [0.29, 0.717) is 75.9 Å². The Hall–Kier alpha value is -5.31. The van der Waals surface area contributed by atoms with Crippen molar-refractivity contribution in [3.63, 3.8) is 0 Å². The molecule has 26 heteroatoms. The van der Waals surface area contributed by atoms with Crippen LogP contribution in [-0.4, -0.2) is 77.5 Å². The minimum Gasteiger partial charge on any atom is -0.543 e. The number of fused-ring (bicyclic) bond motifs is 2. The van der Waals surface area contributed by atoms with Crippen LogP contribution >= 0.6 is 139 Å². The van der Waals surface area contributed by atoms with Gasteiger partial charge in [0.2, 0.25) is 0 Å². The van der Waals surface area contributed by atoms with E-state index >= 15 is 8.78 Å². The smallest absolute Gasteiger partial charge is 0.266 e. The first-order valence-corrected chi connectivity index (χ1v) is 62.0. The van der Waals surface area contributed by atoms with Crippen LogP contribution in [0, 0.1) is 11.6 Å². The van der Waals surface area contributed by atoms with Gasteiger partial charge in [0, 0.05) is 93.9 Å².